The van der Waals surface area contributed by atoms with Gasteiger partial charge in [-0.05, 0) is 76.1 Å². The second-order valence-corrected chi connectivity index (χ2v) is 9.18. The molecule has 0 amide bonds. The summed E-state index contributed by atoms with van der Waals surface area (Å²) in [6.07, 6.45) is 6.92. The maximum Gasteiger partial charge on any atom is 0.228 e. The maximum absolute atomic E-state index is 5.94. The molecule has 1 saturated heterocycles. The van der Waals surface area contributed by atoms with Gasteiger partial charge in [-0.1, -0.05) is 26.2 Å². The first-order chi connectivity index (χ1) is 11.6. The quantitative estimate of drug-likeness (QED) is 0.637. The van der Waals surface area contributed by atoms with Crippen molar-refractivity contribution in [3.8, 4) is 0 Å². The van der Waals surface area contributed by atoms with Crippen LogP contribution in [0.4, 0.5) is 5.95 Å². The average Bonchev–Trinajstić information content (AvgIpc) is 2.42. The molecule has 1 aromatic heterocycles. The molecule has 2 N–H and O–H groups in total. The fraction of sp³-hybridized carbons (Fsp3) is 0.833. The van der Waals surface area contributed by atoms with Crippen molar-refractivity contribution in [1.29, 1.82) is 0 Å². The number of hydrogen-bond donors (Lipinski definition) is 2. The minimum absolute atomic E-state index is 0.103. The zero-order chi connectivity index (χ0) is 18.7. The zero-order valence-corrected chi connectivity index (χ0v) is 17.5. The molecule has 142 valence electrons. The fourth-order valence-corrected chi connectivity index (χ4v) is 4.65. The van der Waals surface area contributed by atoms with Crippen molar-refractivity contribution in [3.05, 3.63) is 10.6 Å². The van der Waals surface area contributed by atoms with Gasteiger partial charge in [0.2, 0.25) is 16.5 Å². The molecule has 1 fully saturated rings. The molecule has 1 unspecified atom stereocenters. The van der Waals surface area contributed by atoms with Crippen LogP contribution >= 0.6 is 23.2 Å². The van der Waals surface area contributed by atoms with Gasteiger partial charge in [-0.2, -0.15) is 15.0 Å². The molecule has 0 saturated carbocycles. The van der Waals surface area contributed by atoms with Crippen molar-refractivity contribution in [2.45, 2.75) is 90.3 Å². The summed E-state index contributed by atoms with van der Waals surface area (Å²) < 4.78 is 0. The lowest BCUT2D eigenvalue weighted by Crippen LogP contribution is -2.59. The first-order valence-corrected chi connectivity index (χ1v) is 9.99. The molecular weight excluding hydrogens is 357 g/mol. The Bertz CT molecular complexity index is 540. The molecule has 7 heteroatoms. The van der Waals surface area contributed by atoms with Crippen LogP contribution in [0.5, 0.6) is 0 Å². The van der Waals surface area contributed by atoms with Crippen molar-refractivity contribution in [3.63, 3.8) is 0 Å². The number of rotatable bonds is 7. The highest BCUT2D eigenvalue weighted by molar-refractivity contribution is 6.31. The predicted octanol–water partition coefficient (Wildman–Crippen LogP) is 5.10. The van der Waals surface area contributed by atoms with Crippen LogP contribution in [-0.4, -0.2) is 32.1 Å². The Kier molecular flexibility index (Phi) is 6.91. The molecule has 1 atom stereocenters. The van der Waals surface area contributed by atoms with E-state index in [1.54, 1.807) is 0 Å². The van der Waals surface area contributed by atoms with Crippen molar-refractivity contribution in [2.75, 3.05) is 5.32 Å². The molecule has 0 aromatic carbocycles. The Morgan fingerprint density at radius 1 is 1.04 bits per heavy atom. The summed E-state index contributed by atoms with van der Waals surface area (Å²) >= 11 is 11.9. The molecule has 0 bridgehead atoms. The Balaban J connectivity index is 2.19. The molecule has 0 aliphatic carbocycles. The van der Waals surface area contributed by atoms with Gasteiger partial charge in [0, 0.05) is 17.1 Å². The average molecular weight is 388 g/mol. The molecule has 2 rings (SSSR count). The minimum atomic E-state index is 0.103. The molecule has 2 heterocycles. The SMILES string of the molecule is CCCCCC(Nc1nc(Cl)nc(Cl)n1)C1CC(C)(C)NC(C)(C)C1. The lowest BCUT2D eigenvalue weighted by Gasteiger charge is -2.48. The molecule has 25 heavy (non-hydrogen) atoms. The van der Waals surface area contributed by atoms with E-state index in [0.29, 0.717) is 17.9 Å². The number of nitrogens with one attached hydrogen (secondary N) is 2. The van der Waals surface area contributed by atoms with E-state index in [2.05, 4.69) is 60.2 Å². The second-order valence-electron chi connectivity index (χ2n) is 8.50. The Morgan fingerprint density at radius 2 is 1.60 bits per heavy atom. The monoisotopic (exact) mass is 387 g/mol. The summed E-state index contributed by atoms with van der Waals surface area (Å²) in [5.74, 6) is 0.998. The van der Waals surface area contributed by atoms with Crippen LogP contribution in [0.3, 0.4) is 0 Å². The van der Waals surface area contributed by atoms with Gasteiger partial charge in [0.15, 0.2) is 0 Å². The Hall–Kier alpha value is -0.650. The van der Waals surface area contributed by atoms with Crippen LogP contribution < -0.4 is 10.6 Å². The highest BCUT2D eigenvalue weighted by atomic mass is 35.5. The second kappa shape index (κ2) is 8.36. The predicted molar refractivity (Wildman–Crippen MR) is 105 cm³/mol. The van der Waals surface area contributed by atoms with Gasteiger partial charge in [0.05, 0.1) is 0 Å². The van der Waals surface area contributed by atoms with Crippen molar-refractivity contribution >= 4 is 29.2 Å². The van der Waals surface area contributed by atoms with Crippen LogP contribution in [0.2, 0.25) is 10.6 Å². The standard InChI is InChI=1S/C18H31Cl2N5/c1-6-7-8-9-13(21-16-23-14(19)22-15(20)24-16)12-10-17(2,3)25-18(4,5)11-12/h12-13,25H,6-11H2,1-5H3,(H,21,22,23,24). The number of nitrogens with zero attached hydrogens (tertiary/aromatic N) is 3. The molecule has 0 spiro atoms. The Morgan fingerprint density at radius 3 is 2.12 bits per heavy atom. The van der Waals surface area contributed by atoms with E-state index in [1.165, 1.54) is 19.3 Å². The van der Waals surface area contributed by atoms with Crippen molar-refractivity contribution in [2.24, 2.45) is 5.92 Å². The van der Waals surface area contributed by atoms with Crippen molar-refractivity contribution in [1.82, 2.24) is 20.3 Å². The number of hydrogen-bond acceptors (Lipinski definition) is 5. The minimum Gasteiger partial charge on any atom is -0.351 e. The van der Waals surface area contributed by atoms with Crippen LogP contribution in [0.15, 0.2) is 0 Å². The molecule has 0 radical (unpaired) electrons. The highest BCUT2D eigenvalue weighted by Crippen LogP contribution is 2.36. The van der Waals surface area contributed by atoms with E-state index in [9.17, 15) is 0 Å². The molecule has 1 aliphatic heterocycles. The molecule has 1 aliphatic rings. The van der Waals surface area contributed by atoms with Gasteiger partial charge in [0.25, 0.3) is 0 Å². The molecule has 5 nitrogen and oxygen atoms in total. The van der Waals surface area contributed by atoms with Gasteiger partial charge in [-0.15, -0.1) is 0 Å². The maximum atomic E-state index is 5.94. The fourth-order valence-electron chi connectivity index (χ4n) is 4.28. The Labute approximate surface area is 161 Å². The third kappa shape index (κ3) is 6.54. The lowest BCUT2D eigenvalue weighted by atomic mass is 9.72. The van der Waals surface area contributed by atoms with Crippen LogP contribution in [0.1, 0.15) is 73.1 Å². The summed E-state index contributed by atoms with van der Waals surface area (Å²) in [4.78, 5) is 12.2. The van der Waals surface area contributed by atoms with E-state index in [-0.39, 0.29) is 21.6 Å². The van der Waals surface area contributed by atoms with E-state index >= 15 is 0 Å². The van der Waals surface area contributed by atoms with E-state index in [1.807, 2.05) is 0 Å². The lowest BCUT2D eigenvalue weighted by molar-refractivity contribution is 0.114. The highest BCUT2D eigenvalue weighted by Gasteiger charge is 2.40. The smallest absolute Gasteiger partial charge is 0.228 e. The van der Waals surface area contributed by atoms with Gasteiger partial charge in [-0.3, -0.25) is 0 Å². The molecular formula is C18H31Cl2N5. The number of anilines is 1. The summed E-state index contributed by atoms with van der Waals surface area (Å²) in [7, 11) is 0. The first kappa shape index (κ1) is 20.7. The number of halogens is 2. The van der Waals surface area contributed by atoms with Crippen LogP contribution in [-0.2, 0) is 0 Å². The zero-order valence-electron chi connectivity index (χ0n) is 16.0. The third-order valence-electron chi connectivity index (χ3n) is 4.80. The molecule has 1 aromatic rings. The van der Waals surface area contributed by atoms with E-state index in [0.717, 1.165) is 19.3 Å². The summed E-state index contributed by atoms with van der Waals surface area (Å²) in [6, 6.07) is 0.293. The van der Waals surface area contributed by atoms with Gasteiger partial charge < -0.3 is 10.6 Å². The van der Waals surface area contributed by atoms with Crippen LogP contribution in [0.25, 0.3) is 0 Å². The van der Waals surface area contributed by atoms with E-state index < -0.39 is 0 Å². The van der Waals surface area contributed by atoms with Crippen LogP contribution in [0, 0.1) is 5.92 Å². The van der Waals surface area contributed by atoms with Gasteiger partial charge >= 0.3 is 0 Å². The number of piperidine rings is 1. The summed E-state index contributed by atoms with van der Waals surface area (Å²) in [5.41, 5.74) is 0.205. The summed E-state index contributed by atoms with van der Waals surface area (Å²) in [6.45, 7) is 11.3. The first-order valence-electron chi connectivity index (χ1n) is 9.23. The summed E-state index contributed by atoms with van der Waals surface area (Å²) in [5, 5.41) is 7.51. The van der Waals surface area contributed by atoms with Gasteiger partial charge in [0.1, 0.15) is 0 Å². The number of unbranched alkanes of at least 4 members (excludes halogenated alkanes) is 2. The topological polar surface area (TPSA) is 62.7 Å². The third-order valence-corrected chi connectivity index (χ3v) is 5.14. The van der Waals surface area contributed by atoms with Crippen molar-refractivity contribution < 1.29 is 0 Å². The number of aromatic nitrogens is 3. The largest absolute Gasteiger partial charge is 0.351 e. The van der Waals surface area contributed by atoms with Gasteiger partial charge in [-0.25, -0.2) is 0 Å². The van der Waals surface area contributed by atoms with E-state index in [4.69, 9.17) is 23.2 Å². The normalized spacial score (nSPS) is 21.1.